The maximum atomic E-state index is 5.87. The standard InChI is InChI=1S/C16H21N3O/c17-12-16(9-4-10-16)11-15-18-14(19-20-15)8-7-13-5-2-1-3-6-13/h1-3,5-6H,4,7-12,17H2. The summed E-state index contributed by atoms with van der Waals surface area (Å²) in [5.41, 5.74) is 7.40. The Hall–Kier alpha value is -1.68. The first kappa shape index (κ1) is 13.3. The van der Waals surface area contributed by atoms with E-state index in [1.807, 2.05) is 6.07 Å². The third kappa shape index (κ3) is 2.90. The van der Waals surface area contributed by atoms with Gasteiger partial charge < -0.3 is 10.3 Å². The van der Waals surface area contributed by atoms with E-state index in [1.54, 1.807) is 0 Å². The van der Waals surface area contributed by atoms with Crippen molar-refractivity contribution < 1.29 is 4.52 Å². The zero-order valence-corrected chi connectivity index (χ0v) is 11.7. The van der Waals surface area contributed by atoms with E-state index in [0.29, 0.717) is 6.54 Å². The minimum absolute atomic E-state index is 0.225. The van der Waals surface area contributed by atoms with Crippen molar-refractivity contribution in [2.75, 3.05) is 6.54 Å². The molecule has 3 rings (SSSR count). The summed E-state index contributed by atoms with van der Waals surface area (Å²) in [6, 6.07) is 10.4. The molecule has 2 aromatic rings. The molecule has 1 aromatic heterocycles. The van der Waals surface area contributed by atoms with Gasteiger partial charge in [0.15, 0.2) is 5.82 Å². The predicted octanol–water partition coefficient (Wildman–Crippen LogP) is 2.53. The van der Waals surface area contributed by atoms with Crippen molar-refractivity contribution in [1.29, 1.82) is 0 Å². The summed E-state index contributed by atoms with van der Waals surface area (Å²) in [5, 5.41) is 4.08. The van der Waals surface area contributed by atoms with Crippen molar-refractivity contribution in [3.8, 4) is 0 Å². The summed E-state index contributed by atoms with van der Waals surface area (Å²) in [6.45, 7) is 0.717. The van der Waals surface area contributed by atoms with E-state index < -0.39 is 0 Å². The number of benzene rings is 1. The Bertz CT molecular complexity index is 540. The normalized spacial score (nSPS) is 16.9. The molecule has 1 aliphatic rings. The molecule has 0 bridgehead atoms. The summed E-state index contributed by atoms with van der Waals surface area (Å²) in [4.78, 5) is 4.51. The van der Waals surface area contributed by atoms with Crippen LogP contribution in [0.5, 0.6) is 0 Å². The Morgan fingerprint density at radius 1 is 1.15 bits per heavy atom. The van der Waals surface area contributed by atoms with E-state index in [0.717, 1.165) is 31.0 Å². The third-order valence-electron chi connectivity index (χ3n) is 4.36. The maximum Gasteiger partial charge on any atom is 0.227 e. The van der Waals surface area contributed by atoms with Crippen LogP contribution in [0.1, 0.15) is 36.5 Å². The van der Waals surface area contributed by atoms with Crippen molar-refractivity contribution in [3.63, 3.8) is 0 Å². The van der Waals surface area contributed by atoms with Crippen LogP contribution in [-0.4, -0.2) is 16.7 Å². The van der Waals surface area contributed by atoms with Crippen molar-refractivity contribution in [3.05, 3.63) is 47.6 Å². The molecule has 0 aliphatic heterocycles. The highest BCUT2D eigenvalue weighted by Gasteiger charge is 2.37. The van der Waals surface area contributed by atoms with Crippen LogP contribution in [0.4, 0.5) is 0 Å². The van der Waals surface area contributed by atoms with Crippen LogP contribution < -0.4 is 5.73 Å². The van der Waals surface area contributed by atoms with Gasteiger partial charge in [0.1, 0.15) is 0 Å². The Kier molecular flexibility index (Phi) is 3.83. The SMILES string of the molecule is NCC1(Cc2nc(CCc3ccccc3)no2)CCC1. The van der Waals surface area contributed by atoms with Gasteiger partial charge in [0.05, 0.1) is 0 Å². The average molecular weight is 271 g/mol. The molecule has 0 atom stereocenters. The molecule has 4 nitrogen and oxygen atoms in total. The Balaban J connectivity index is 1.57. The molecule has 0 amide bonds. The Morgan fingerprint density at radius 2 is 1.95 bits per heavy atom. The average Bonchev–Trinajstić information content (AvgIpc) is 2.89. The zero-order valence-electron chi connectivity index (χ0n) is 11.7. The van der Waals surface area contributed by atoms with E-state index in [2.05, 4.69) is 34.4 Å². The minimum atomic E-state index is 0.225. The van der Waals surface area contributed by atoms with Crippen LogP contribution in [0.2, 0.25) is 0 Å². The lowest BCUT2D eigenvalue weighted by molar-refractivity contribution is 0.129. The van der Waals surface area contributed by atoms with Gasteiger partial charge in [0.25, 0.3) is 0 Å². The summed E-state index contributed by atoms with van der Waals surface area (Å²) < 4.78 is 5.37. The first-order valence-corrected chi connectivity index (χ1v) is 7.35. The van der Waals surface area contributed by atoms with Crippen LogP contribution in [0.3, 0.4) is 0 Å². The topological polar surface area (TPSA) is 64.9 Å². The highest BCUT2D eigenvalue weighted by atomic mass is 16.5. The number of rotatable bonds is 6. The van der Waals surface area contributed by atoms with Gasteiger partial charge in [-0.1, -0.05) is 41.9 Å². The highest BCUT2D eigenvalue weighted by Crippen LogP contribution is 2.42. The summed E-state index contributed by atoms with van der Waals surface area (Å²) in [6.07, 6.45) is 6.25. The van der Waals surface area contributed by atoms with Crippen LogP contribution in [0.25, 0.3) is 0 Å². The molecule has 1 aliphatic carbocycles. The fraction of sp³-hybridized carbons (Fsp3) is 0.500. The first-order chi connectivity index (χ1) is 9.80. The molecule has 1 aromatic carbocycles. The summed E-state index contributed by atoms with van der Waals surface area (Å²) in [7, 11) is 0. The lowest BCUT2D eigenvalue weighted by Gasteiger charge is -2.39. The third-order valence-corrected chi connectivity index (χ3v) is 4.36. The monoisotopic (exact) mass is 271 g/mol. The zero-order chi connectivity index (χ0) is 13.8. The first-order valence-electron chi connectivity index (χ1n) is 7.35. The Morgan fingerprint density at radius 3 is 2.60 bits per heavy atom. The number of nitrogens with two attached hydrogens (primary N) is 1. The summed E-state index contributed by atoms with van der Waals surface area (Å²) >= 11 is 0. The molecule has 4 heteroatoms. The van der Waals surface area contributed by atoms with Gasteiger partial charge in [-0.3, -0.25) is 0 Å². The summed E-state index contributed by atoms with van der Waals surface area (Å²) in [5.74, 6) is 1.55. The van der Waals surface area contributed by atoms with Gasteiger partial charge in [0, 0.05) is 12.8 Å². The second kappa shape index (κ2) is 5.75. The molecule has 20 heavy (non-hydrogen) atoms. The number of hydrogen-bond acceptors (Lipinski definition) is 4. The fourth-order valence-electron chi connectivity index (χ4n) is 2.81. The van der Waals surface area contributed by atoms with Crippen LogP contribution in [0.15, 0.2) is 34.9 Å². The number of aromatic nitrogens is 2. The van der Waals surface area contributed by atoms with Crippen molar-refractivity contribution in [2.45, 2.75) is 38.5 Å². The van der Waals surface area contributed by atoms with Gasteiger partial charge in [-0.05, 0) is 36.8 Å². The van der Waals surface area contributed by atoms with E-state index in [9.17, 15) is 0 Å². The molecule has 106 valence electrons. The minimum Gasteiger partial charge on any atom is -0.339 e. The molecule has 2 N–H and O–H groups in total. The van der Waals surface area contributed by atoms with Gasteiger partial charge in [-0.15, -0.1) is 0 Å². The lowest BCUT2D eigenvalue weighted by Crippen LogP contribution is -2.39. The maximum absolute atomic E-state index is 5.87. The molecule has 0 spiro atoms. The van der Waals surface area contributed by atoms with Crippen LogP contribution >= 0.6 is 0 Å². The fourth-order valence-corrected chi connectivity index (χ4v) is 2.81. The molecular formula is C16H21N3O. The Labute approximate surface area is 119 Å². The van der Waals surface area contributed by atoms with Gasteiger partial charge in [-0.25, -0.2) is 0 Å². The lowest BCUT2D eigenvalue weighted by atomic mass is 9.67. The number of nitrogens with zero attached hydrogens (tertiary/aromatic N) is 2. The van der Waals surface area contributed by atoms with E-state index in [1.165, 1.54) is 24.8 Å². The predicted molar refractivity (Wildman–Crippen MR) is 77.2 cm³/mol. The van der Waals surface area contributed by atoms with Gasteiger partial charge in [0.2, 0.25) is 5.89 Å². The van der Waals surface area contributed by atoms with Gasteiger partial charge in [-0.2, -0.15) is 4.98 Å². The second-order valence-corrected chi connectivity index (χ2v) is 5.82. The highest BCUT2D eigenvalue weighted by molar-refractivity contribution is 5.15. The van der Waals surface area contributed by atoms with Crippen molar-refractivity contribution >= 4 is 0 Å². The van der Waals surface area contributed by atoms with Crippen LogP contribution in [0, 0.1) is 5.41 Å². The molecule has 1 saturated carbocycles. The van der Waals surface area contributed by atoms with E-state index in [-0.39, 0.29) is 5.41 Å². The van der Waals surface area contributed by atoms with E-state index >= 15 is 0 Å². The molecule has 1 heterocycles. The van der Waals surface area contributed by atoms with Gasteiger partial charge >= 0.3 is 0 Å². The van der Waals surface area contributed by atoms with Crippen molar-refractivity contribution in [1.82, 2.24) is 10.1 Å². The van der Waals surface area contributed by atoms with E-state index in [4.69, 9.17) is 10.3 Å². The molecule has 0 radical (unpaired) electrons. The number of hydrogen-bond donors (Lipinski definition) is 1. The second-order valence-electron chi connectivity index (χ2n) is 5.82. The smallest absolute Gasteiger partial charge is 0.227 e. The number of aryl methyl sites for hydroxylation is 2. The quantitative estimate of drug-likeness (QED) is 0.876. The van der Waals surface area contributed by atoms with Crippen LogP contribution in [-0.2, 0) is 19.3 Å². The van der Waals surface area contributed by atoms with Crippen molar-refractivity contribution in [2.24, 2.45) is 11.1 Å². The largest absolute Gasteiger partial charge is 0.339 e. The molecular weight excluding hydrogens is 250 g/mol. The molecule has 1 fully saturated rings. The molecule has 0 saturated heterocycles. The molecule has 0 unspecified atom stereocenters.